The van der Waals surface area contributed by atoms with E-state index < -0.39 is 68.6 Å². The molecule has 1 aromatic heterocycles. The lowest BCUT2D eigenvalue weighted by Crippen LogP contribution is -2.66. The molecule has 2 aliphatic heterocycles. The van der Waals surface area contributed by atoms with Crippen LogP contribution >= 0.6 is 11.6 Å². The molecule has 7 rings (SSSR count). The molecule has 1 saturated carbocycles. The molecule has 64 heavy (non-hydrogen) atoms. The summed E-state index contributed by atoms with van der Waals surface area (Å²) >= 11 is 5.89. The number of fused-ring (bicyclic) bond motifs is 1. The van der Waals surface area contributed by atoms with Gasteiger partial charge in [0.1, 0.15) is 46.2 Å². The second kappa shape index (κ2) is 18.1. The summed E-state index contributed by atoms with van der Waals surface area (Å²) in [5.41, 5.74) is -2.31. The number of piperidine rings is 1. The summed E-state index contributed by atoms with van der Waals surface area (Å²) in [6.45, 7) is 8.82. The molecule has 338 valence electrons. The third kappa shape index (κ3) is 9.65. The van der Waals surface area contributed by atoms with E-state index in [1.54, 1.807) is 58.2 Å². The third-order valence-corrected chi connectivity index (χ3v) is 13.3. The molecule has 0 bridgehead atoms. The number of pyridine rings is 1. The highest BCUT2D eigenvalue weighted by molar-refractivity contribution is 7.90. The molecule has 3 aromatic carbocycles. The molecule has 18 heteroatoms. The summed E-state index contributed by atoms with van der Waals surface area (Å²) in [4.78, 5) is 77.7. The summed E-state index contributed by atoms with van der Waals surface area (Å²) < 4.78 is 46.6. The maximum Gasteiger partial charge on any atom is 0.408 e. The molecule has 0 radical (unpaired) electrons. The van der Waals surface area contributed by atoms with Gasteiger partial charge in [0.25, 0.3) is 15.9 Å². The van der Waals surface area contributed by atoms with Crippen LogP contribution in [-0.2, 0) is 33.9 Å². The van der Waals surface area contributed by atoms with Crippen molar-refractivity contribution in [2.45, 2.75) is 80.2 Å². The minimum absolute atomic E-state index is 0.0381. The van der Waals surface area contributed by atoms with E-state index in [2.05, 4.69) is 21.9 Å². The number of likely N-dealkylation sites (tertiary alicyclic amines) is 2. The Morgan fingerprint density at radius 1 is 0.953 bits per heavy atom. The van der Waals surface area contributed by atoms with Crippen LogP contribution in [0, 0.1) is 5.92 Å². The van der Waals surface area contributed by atoms with Gasteiger partial charge in [-0.3, -0.25) is 19.2 Å². The number of amides is 5. The van der Waals surface area contributed by atoms with Gasteiger partial charge in [-0.05, 0) is 64.3 Å². The number of nitrogens with one attached hydrogen (secondary N) is 3. The fourth-order valence-electron chi connectivity index (χ4n) is 8.29. The van der Waals surface area contributed by atoms with Gasteiger partial charge >= 0.3 is 6.09 Å². The second-order valence-corrected chi connectivity index (χ2v) is 19.1. The number of hydrogen-bond donors (Lipinski definition) is 3. The number of methoxy groups -OCH3 is 1. The normalized spacial score (nSPS) is 21.6. The molecule has 0 spiro atoms. The van der Waals surface area contributed by atoms with Crippen LogP contribution in [0.1, 0.15) is 46.5 Å². The Hall–Kier alpha value is -6.20. The number of sulfonamides is 1. The van der Waals surface area contributed by atoms with Crippen molar-refractivity contribution in [2.75, 3.05) is 32.6 Å². The third-order valence-electron chi connectivity index (χ3n) is 11.7. The molecule has 1 aliphatic carbocycles. The number of halogens is 1. The first-order valence-electron chi connectivity index (χ1n) is 20.8. The van der Waals surface area contributed by atoms with Crippen molar-refractivity contribution < 1.29 is 46.6 Å². The van der Waals surface area contributed by atoms with Crippen molar-refractivity contribution in [1.29, 1.82) is 0 Å². The van der Waals surface area contributed by atoms with Crippen LogP contribution in [0.2, 0.25) is 0 Å². The minimum Gasteiger partial charge on any atom is -0.497 e. The number of nitrogens with zero attached hydrogens (tertiary/aromatic N) is 3. The molecule has 2 saturated heterocycles. The molecular weight excluding hydrogens is 864 g/mol. The Morgan fingerprint density at radius 3 is 2.23 bits per heavy atom. The quantitative estimate of drug-likeness (QED) is 0.121. The molecule has 3 aliphatic rings. The number of carbonyl (C=O) groups excluding carboxylic acids is 5. The van der Waals surface area contributed by atoms with Crippen molar-refractivity contribution in [2.24, 2.45) is 5.92 Å². The van der Waals surface area contributed by atoms with Crippen LogP contribution < -0.4 is 24.8 Å². The standard InChI is InChI=1S/C46H51ClN6O10S/c1-6-30-26-46(30,41(56)51-64(59,60)33-15-11-8-12-16-33)49-40(55)37-24-32(62-38-25-35(29-13-9-7-10-14-29)48-36-23-31(61-5)17-18-34(36)38)28-53(37)42(57)45(50-43(58)63-44(2,3)4)19-21-52(22-20-45)39(54)27-47/h6-18,23,25,30,32,37H,1,19-22,24,26-28H2,2-5H3,(H,49,55)(H,50,58)(H,51,56)/t30-,32?,37+,46-/m1/s1. The highest BCUT2D eigenvalue weighted by atomic mass is 35.5. The van der Waals surface area contributed by atoms with Crippen LogP contribution in [0.25, 0.3) is 22.2 Å². The summed E-state index contributed by atoms with van der Waals surface area (Å²) in [6, 6.07) is 22.6. The summed E-state index contributed by atoms with van der Waals surface area (Å²) in [5, 5.41) is 6.24. The first kappa shape index (κ1) is 45.8. The van der Waals surface area contributed by atoms with Crippen LogP contribution in [0.5, 0.6) is 11.5 Å². The van der Waals surface area contributed by atoms with E-state index in [1.165, 1.54) is 40.1 Å². The fraction of sp³-hybridized carbons (Fsp3) is 0.391. The van der Waals surface area contributed by atoms with Gasteiger partial charge < -0.3 is 34.6 Å². The molecular formula is C46H51ClN6O10S. The molecule has 4 atom stereocenters. The minimum atomic E-state index is -4.33. The monoisotopic (exact) mass is 914 g/mol. The molecule has 1 unspecified atom stereocenters. The van der Waals surface area contributed by atoms with E-state index in [4.69, 9.17) is 30.8 Å². The van der Waals surface area contributed by atoms with Crippen molar-refractivity contribution in [1.82, 2.24) is 30.1 Å². The summed E-state index contributed by atoms with van der Waals surface area (Å²) in [7, 11) is -2.78. The number of carbonyl (C=O) groups is 5. The van der Waals surface area contributed by atoms with Crippen molar-refractivity contribution in [3.63, 3.8) is 0 Å². The number of aromatic nitrogens is 1. The Labute approximate surface area is 376 Å². The van der Waals surface area contributed by atoms with Crippen LogP contribution in [-0.4, -0.2) is 114 Å². The SMILES string of the molecule is C=C[C@@H]1C[C@]1(NC(=O)[C@@H]1CC(Oc2cc(-c3ccccc3)nc3cc(OC)ccc23)CN1C(=O)C1(NC(=O)OC(C)(C)C)CCN(C(=O)CCl)CC1)C(=O)NS(=O)(=O)c1ccccc1. The van der Waals surface area contributed by atoms with Crippen LogP contribution in [0.4, 0.5) is 4.79 Å². The smallest absolute Gasteiger partial charge is 0.408 e. The molecule has 4 aromatic rings. The molecule has 3 fully saturated rings. The first-order valence-corrected chi connectivity index (χ1v) is 22.9. The van der Waals surface area contributed by atoms with E-state index in [1.807, 2.05) is 30.3 Å². The number of alkyl carbamates (subject to hydrolysis) is 1. The highest BCUT2D eigenvalue weighted by Gasteiger charge is 2.62. The maximum absolute atomic E-state index is 15.3. The van der Waals surface area contributed by atoms with E-state index in [-0.39, 0.29) is 62.0 Å². The van der Waals surface area contributed by atoms with Gasteiger partial charge in [-0.1, -0.05) is 54.6 Å². The average molecular weight is 915 g/mol. The summed E-state index contributed by atoms with van der Waals surface area (Å²) in [6.07, 6.45) is -0.349. The van der Waals surface area contributed by atoms with Gasteiger partial charge in [0.05, 0.1) is 29.8 Å². The van der Waals surface area contributed by atoms with Gasteiger partial charge in [0, 0.05) is 48.5 Å². The van der Waals surface area contributed by atoms with Gasteiger partial charge in [-0.15, -0.1) is 18.2 Å². The Bertz CT molecular complexity index is 2570. The molecule has 3 N–H and O–H groups in total. The second-order valence-electron chi connectivity index (χ2n) is 17.2. The Kier molecular flexibility index (Phi) is 13.0. The molecule has 5 amide bonds. The van der Waals surface area contributed by atoms with E-state index >= 15 is 4.79 Å². The van der Waals surface area contributed by atoms with Gasteiger partial charge in [0.15, 0.2) is 0 Å². The van der Waals surface area contributed by atoms with Crippen LogP contribution in [0.15, 0.2) is 102 Å². The Morgan fingerprint density at radius 2 is 1.62 bits per heavy atom. The fourth-order valence-corrected chi connectivity index (χ4v) is 9.52. The lowest BCUT2D eigenvalue weighted by Gasteiger charge is -2.43. The zero-order valence-corrected chi connectivity index (χ0v) is 37.5. The van der Waals surface area contributed by atoms with E-state index in [0.717, 1.165) is 5.56 Å². The Balaban J connectivity index is 1.25. The highest BCUT2D eigenvalue weighted by Crippen LogP contribution is 2.45. The predicted molar refractivity (Wildman–Crippen MR) is 238 cm³/mol. The zero-order valence-electron chi connectivity index (χ0n) is 36.0. The lowest BCUT2D eigenvalue weighted by atomic mass is 9.85. The topological polar surface area (TPSA) is 203 Å². The number of rotatable bonds is 13. The van der Waals surface area contributed by atoms with Crippen molar-refractivity contribution in [3.8, 4) is 22.8 Å². The lowest BCUT2D eigenvalue weighted by molar-refractivity contribution is -0.147. The molecule has 3 heterocycles. The first-order chi connectivity index (χ1) is 30.4. The number of ether oxygens (including phenoxy) is 3. The van der Waals surface area contributed by atoms with Gasteiger partial charge in [-0.2, -0.15) is 0 Å². The number of benzene rings is 3. The summed E-state index contributed by atoms with van der Waals surface area (Å²) in [5.74, 6) is -2.64. The number of hydrogen-bond acceptors (Lipinski definition) is 11. The largest absolute Gasteiger partial charge is 0.497 e. The predicted octanol–water partition coefficient (Wildman–Crippen LogP) is 4.95. The molecule has 16 nitrogen and oxygen atoms in total. The van der Waals surface area contributed by atoms with E-state index in [0.29, 0.717) is 28.1 Å². The van der Waals surface area contributed by atoms with Crippen LogP contribution in [0.3, 0.4) is 0 Å². The van der Waals surface area contributed by atoms with Gasteiger partial charge in [0.2, 0.25) is 17.7 Å². The number of alkyl halides is 1. The maximum atomic E-state index is 15.3. The van der Waals surface area contributed by atoms with Gasteiger partial charge in [-0.25, -0.2) is 22.9 Å². The average Bonchev–Trinajstić information content (AvgIpc) is 3.84. The van der Waals surface area contributed by atoms with Crippen molar-refractivity contribution >= 4 is 62.2 Å². The van der Waals surface area contributed by atoms with Crippen molar-refractivity contribution in [3.05, 3.63) is 97.6 Å². The zero-order chi connectivity index (χ0) is 46.0. The van der Waals surface area contributed by atoms with E-state index in [9.17, 15) is 27.6 Å².